The van der Waals surface area contributed by atoms with Crippen LogP contribution in [0.3, 0.4) is 0 Å². The van der Waals surface area contributed by atoms with Gasteiger partial charge in [0.1, 0.15) is 0 Å². The number of aryl methyl sites for hydroxylation is 1. The van der Waals surface area contributed by atoms with E-state index in [2.05, 4.69) is 42.8 Å². The number of nitrogens with zero attached hydrogens (tertiary/aromatic N) is 1. The average molecular weight is 260 g/mol. The van der Waals surface area contributed by atoms with Crippen molar-refractivity contribution in [2.75, 3.05) is 0 Å². The molecule has 17 heavy (non-hydrogen) atoms. The van der Waals surface area contributed by atoms with E-state index in [1.54, 1.807) is 0 Å². The van der Waals surface area contributed by atoms with E-state index in [0.29, 0.717) is 0 Å². The van der Waals surface area contributed by atoms with Gasteiger partial charge in [-0.3, -0.25) is 0 Å². The third kappa shape index (κ3) is 2.27. The molecular weight excluding hydrogens is 242 g/mol. The zero-order chi connectivity index (χ0) is 9.71. The van der Waals surface area contributed by atoms with Crippen LogP contribution in [0.15, 0.2) is 24.3 Å². The fraction of sp³-hybridized carbons (Fsp3) is 0.200. The molecule has 0 saturated heterocycles. The summed E-state index contributed by atoms with van der Waals surface area (Å²) in [5, 5.41) is 0. The molecular formula is C15H18NTi. The first kappa shape index (κ1) is 16.2. The summed E-state index contributed by atoms with van der Waals surface area (Å²) in [6.07, 6.45) is 1.06. The molecule has 0 bridgehead atoms. The molecule has 1 aliphatic rings. The predicted molar refractivity (Wildman–Crippen MR) is 70.1 cm³/mol. The van der Waals surface area contributed by atoms with Crippen molar-refractivity contribution in [1.82, 2.24) is 4.57 Å². The van der Waals surface area contributed by atoms with Gasteiger partial charge in [-0.25, -0.2) is 0 Å². The molecule has 0 amide bonds. The third-order valence-corrected chi connectivity index (χ3v) is 3.20. The molecule has 0 atom stereocenters. The Morgan fingerprint density at radius 3 is 2.65 bits per heavy atom. The second-order valence-electron chi connectivity index (χ2n) is 3.97. The average Bonchev–Trinajstić information content (AvgIpc) is 2.67. The molecule has 1 aliphatic carbocycles. The number of hydrogen-bond donors (Lipinski definition) is 0. The van der Waals surface area contributed by atoms with Crippen molar-refractivity contribution in [2.45, 2.75) is 13.3 Å². The Balaban J connectivity index is 0.000000853. The first-order valence-corrected chi connectivity index (χ1v) is 4.92. The molecule has 0 fully saturated rings. The summed E-state index contributed by atoms with van der Waals surface area (Å²) in [5.74, 6) is 0. The second-order valence-corrected chi connectivity index (χ2v) is 3.97. The van der Waals surface area contributed by atoms with Crippen molar-refractivity contribution in [3.63, 3.8) is 0 Å². The molecule has 0 N–H and O–H groups in total. The van der Waals surface area contributed by atoms with Gasteiger partial charge < -0.3 is 19.4 Å². The van der Waals surface area contributed by atoms with Gasteiger partial charge in [-0.2, -0.15) is 24.3 Å². The van der Waals surface area contributed by atoms with Gasteiger partial charge >= 0.3 is 21.7 Å². The predicted octanol–water partition coefficient (Wildman–Crippen LogP) is 3.60. The van der Waals surface area contributed by atoms with Crippen LogP contribution in [0.1, 0.15) is 17.0 Å². The third-order valence-electron chi connectivity index (χ3n) is 3.20. The Labute approximate surface area is 120 Å². The van der Waals surface area contributed by atoms with E-state index in [0.717, 1.165) is 6.42 Å². The minimum atomic E-state index is 0. The van der Waals surface area contributed by atoms with Crippen LogP contribution in [-0.4, -0.2) is 4.57 Å². The largest absolute Gasteiger partial charge is 3.00 e. The van der Waals surface area contributed by atoms with E-state index < -0.39 is 0 Å². The quantitative estimate of drug-likeness (QED) is 0.430. The summed E-state index contributed by atoms with van der Waals surface area (Å²) in [5.41, 5.74) is 7.00. The van der Waals surface area contributed by atoms with Crippen molar-refractivity contribution in [3.8, 4) is 11.1 Å². The fourth-order valence-electron chi connectivity index (χ4n) is 2.28. The van der Waals surface area contributed by atoms with E-state index in [4.69, 9.17) is 0 Å². The van der Waals surface area contributed by atoms with Crippen molar-refractivity contribution in [1.29, 1.82) is 0 Å². The molecule has 1 aromatic heterocycles. The molecule has 1 aromatic carbocycles. The van der Waals surface area contributed by atoms with Gasteiger partial charge in [0.25, 0.3) is 0 Å². The molecule has 2 heteroatoms. The van der Waals surface area contributed by atoms with Gasteiger partial charge in [-0.05, 0) is 25.0 Å². The van der Waals surface area contributed by atoms with Crippen LogP contribution in [0.4, 0.5) is 0 Å². The van der Waals surface area contributed by atoms with Gasteiger partial charge in [0.05, 0.1) is 0 Å². The molecule has 0 aliphatic heterocycles. The molecule has 3 rings (SSSR count). The Kier molecular flexibility index (Phi) is 5.44. The monoisotopic (exact) mass is 260 g/mol. The Morgan fingerprint density at radius 1 is 1.24 bits per heavy atom. The van der Waals surface area contributed by atoms with Crippen LogP contribution >= 0.6 is 0 Å². The Hall–Kier alpha value is -0.786. The molecule has 1 nitrogen and oxygen atoms in total. The molecule has 0 spiro atoms. The number of aromatic nitrogens is 1. The van der Waals surface area contributed by atoms with E-state index in [1.165, 1.54) is 28.1 Å². The summed E-state index contributed by atoms with van der Waals surface area (Å²) in [4.78, 5) is 0. The summed E-state index contributed by atoms with van der Waals surface area (Å²) in [6.45, 7) is 2.16. The summed E-state index contributed by atoms with van der Waals surface area (Å²) in [7, 11) is 2.14. The van der Waals surface area contributed by atoms with Crippen LogP contribution in [0.5, 0.6) is 0 Å². The van der Waals surface area contributed by atoms with Crippen molar-refractivity contribution >= 4 is 0 Å². The maximum atomic E-state index is 3.14. The van der Waals surface area contributed by atoms with E-state index >= 15 is 0 Å². The second kappa shape index (κ2) is 5.70. The van der Waals surface area contributed by atoms with Crippen molar-refractivity contribution in [3.05, 3.63) is 62.1 Å². The molecule has 87 valence electrons. The Morgan fingerprint density at radius 2 is 1.94 bits per heavy atom. The molecule has 1 heterocycles. The van der Waals surface area contributed by atoms with Gasteiger partial charge in [0.15, 0.2) is 0 Å². The molecule has 2 aromatic rings. The smallest absolute Gasteiger partial charge is 0.358 e. The zero-order valence-corrected chi connectivity index (χ0v) is 12.5. The van der Waals surface area contributed by atoms with E-state index in [9.17, 15) is 0 Å². The first-order chi connectivity index (χ1) is 6.77. The zero-order valence-electron chi connectivity index (χ0n) is 11.0. The maximum absolute atomic E-state index is 3.14. The number of fused-ring (bicyclic) bond motifs is 3. The van der Waals surface area contributed by atoms with Crippen molar-refractivity contribution < 1.29 is 21.7 Å². The number of benzene rings is 1. The minimum absolute atomic E-state index is 0. The summed E-state index contributed by atoms with van der Waals surface area (Å²) in [6, 6.07) is 11.7. The van der Waals surface area contributed by atoms with Crippen LogP contribution in [-0.2, 0) is 35.2 Å². The number of hydrogen-bond acceptors (Lipinski definition) is 0. The fourth-order valence-corrected chi connectivity index (χ4v) is 2.28. The minimum Gasteiger partial charge on any atom is -0.358 e. The first-order valence-electron chi connectivity index (χ1n) is 4.92. The summed E-state index contributed by atoms with van der Waals surface area (Å²) >= 11 is 0. The summed E-state index contributed by atoms with van der Waals surface area (Å²) < 4.78 is 2.29. The molecule has 0 saturated carbocycles. The van der Waals surface area contributed by atoms with Gasteiger partial charge in [-0.1, -0.05) is 0 Å². The van der Waals surface area contributed by atoms with Gasteiger partial charge in [0.2, 0.25) is 0 Å². The molecule has 0 unspecified atom stereocenters. The Bertz CT molecular complexity index is 512. The van der Waals surface area contributed by atoms with Gasteiger partial charge in [0, 0.05) is 18.4 Å². The molecule has 1 radical (unpaired) electrons. The van der Waals surface area contributed by atoms with Gasteiger partial charge in [-0.15, -0.1) is 11.1 Å². The van der Waals surface area contributed by atoms with Crippen LogP contribution in [0.2, 0.25) is 0 Å². The topological polar surface area (TPSA) is 4.93 Å². The maximum Gasteiger partial charge on any atom is 3.00 e. The van der Waals surface area contributed by atoms with Crippen LogP contribution < -0.4 is 0 Å². The van der Waals surface area contributed by atoms with E-state index in [-0.39, 0.29) is 36.6 Å². The van der Waals surface area contributed by atoms with Crippen LogP contribution in [0, 0.1) is 27.8 Å². The standard InChI is InChI=1S/C13H12N.2CH3.Ti/c1-9-7-12-11-6-4-3-5-10(11)8-13(12)14(9)2;;;/h4-7H,8H2,1-2H3;2*1H3;/q3*-1;+3. The SMILES string of the molecule is Cc1cc2c(n1C)Cc1c[c-]ccc1-2.[CH3-].[CH3-].[Ti+3]. The van der Waals surface area contributed by atoms with E-state index in [1.807, 2.05) is 6.07 Å². The van der Waals surface area contributed by atoms with Crippen LogP contribution in [0.25, 0.3) is 11.1 Å². The normalized spacial score (nSPS) is 10.5. The number of rotatable bonds is 0. The van der Waals surface area contributed by atoms with Crippen molar-refractivity contribution in [2.24, 2.45) is 7.05 Å².